The highest BCUT2D eigenvalue weighted by molar-refractivity contribution is 5.77. The van der Waals surface area contributed by atoms with Crippen molar-refractivity contribution < 1.29 is 18.0 Å². The lowest BCUT2D eigenvalue weighted by Gasteiger charge is -2.12. The van der Waals surface area contributed by atoms with Crippen LogP contribution in [0.25, 0.3) is 0 Å². The molecule has 1 aliphatic rings. The van der Waals surface area contributed by atoms with Crippen molar-refractivity contribution in [2.45, 2.75) is 23.9 Å². The van der Waals surface area contributed by atoms with Gasteiger partial charge in [0, 0.05) is 5.92 Å². The molecule has 2 aromatic carbocycles. The van der Waals surface area contributed by atoms with E-state index in [0.29, 0.717) is 6.42 Å². The number of aldehydes is 1. The van der Waals surface area contributed by atoms with E-state index in [1.807, 2.05) is 30.3 Å². The minimum atomic E-state index is -4.33. The van der Waals surface area contributed by atoms with E-state index >= 15 is 0 Å². The molecule has 108 valence electrons. The molecule has 0 aliphatic heterocycles. The lowest BCUT2D eigenvalue weighted by Crippen LogP contribution is -2.11. The average Bonchev–Trinajstić information content (AvgIpc) is 3.23. The van der Waals surface area contributed by atoms with Crippen LogP contribution in [0, 0.1) is 0 Å². The van der Waals surface area contributed by atoms with Gasteiger partial charge in [0.15, 0.2) is 0 Å². The zero-order valence-corrected chi connectivity index (χ0v) is 11.1. The molecule has 1 aliphatic carbocycles. The van der Waals surface area contributed by atoms with Gasteiger partial charge in [0.2, 0.25) is 0 Å². The summed E-state index contributed by atoms with van der Waals surface area (Å²) in [5.41, 5.74) is 0.452. The van der Waals surface area contributed by atoms with E-state index in [4.69, 9.17) is 0 Å². The quantitative estimate of drug-likeness (QED) is 0.769. The molecule has 2 atom stereocenters. The van der Waals surface area contributed by atoms with Gasteiger partial charge in [0.05, 0.1) is 11.0 Å². The van der Waals surface area contributed by atoms with Crippen molar-refractivity contribution in [3.63, 3.8) is 0 Å². The molecule has 21 heavy (non-hydrogen) atoms. The van der Waals surface area contributed by atoms with Gasteiger partial charge < -0.3 is 4.79 Å². The van der Waals surface area contributed by atoms with E-state index in [1.165, 1.54) is 12.1 Å². The van der Waals surface area contributed by atoms with Crippen LogP contribution in [0.4, 0.5) is 13.2 Å². The highest BCUT2D eigenvalue weighted by Gasteiger charge is 2.56. The normalized spacial score (nSPS) is 24.6. The van der Waals surface area contributed by atoms with Crippen molar-refractivity contribution in [2.75, 3.05) is 0 Å². The van der Waals surface area contributed by atoms with Gasteiger partial charge >= 0.3 is 6.18 Å². The largest absolute Gasteiger partial charge is 0.416 e. The van der Waals surface area contributed by atoms with Crippen LogP contribution in [-0.2, 0) is 16.4 Å². The molecule has 0 N–H and O–H groups in total. The standard InChI is InChI=1S/C17H13F3O/c18-17(19,20)14-8-6-12(7-9-14)15-10-16(15,11-21)13-4-2-1-3-5-13/h1-9,11,15H,10H2/t15-,16-/m1/s1. The minimum Gasteiger partial charge on any atom is -0.302 e. The molecule has 2 aromatic rings. The van der Waals surface area contributed by atoms with Gasteiger partial charge in [-0.2, -0.15) is 13.2 Å². The first-order chi connectivity index (χ1) is 9.97. The fourth-order valence-electron chi connectivity index (χ4n) is 2.86. The fraction of sp³-hybridized carbons (Fsp3) is 0.235. The first-order valence-electron chi connectivity index (χ1n) is 6.66. The van der Waals surface area contributed by atoms with Crippen molar-refractivity contribution in [3.8, 4) is 0 Å². The second kappa shape index (κ2) is 4.72. The predicted octanol–water partition coefficient (Wildman–Crippen LogP) is 4.33. The number of carbonyl (C=O) groups excluding carboxylic acids is 1. The van der Waals surface area contributed by atoms with Gasteiger partial charge in [0.25, 0.3) is 0 Å². The van der Waals surface area contributed by atoms with Gasteiger partial charge in [-0.15, -0.1) is 0 Å². The highest BCUT2D eigenvalue weighted by Crippen LogP contribution is 2.59. The molecule has 0 unspecified atom stereocenters. The molecule has 0 amide bonds. The number of hydrogen-bond donors (Lipinski definition) is 0. The second-order valence-corrected chi connectivity index (χ2v) is 5.40. The minimum absolute atomic E-state index is 0.0420. The third kappa shape index (κ3) is 2.35. The lowest BCUT2D eigenvalue weighted by molar-refractivity contribution is -0.137. The molecule has 0 radical (unpaired) electrons. The fourth-order valence-corrected chi connectivity index (χ4v) is 2.86. The summed E-state index contributed by atoms with van der Waals surface area (Å²) >= 11 is 0. The molecular weight excluding hydrogens is 277 g/mol. The summed E-state index contributed by atoms with van der Waals surface area (Å²) < 4.78 is 37.7. The Balaban J connectivity index is 1.88. The topological polar surface area (TPSA) is 17.1 Å². The van der Waals surface area contributed by atoms with E-state index in [-0.39, 0.29) is 5.92 Å². The first kappa shape index (κ1) is 13.9. The average molecular weight is 290 g/mol. The van der Waals surface area contributed by atoms with Gasteiger partial charge in [-0.3, -0.25) is 0 Å². The van der Waals surface area contributed by atoms with Crippen molar-refractivity contribution in [1.29, 1.82) is 0 Å². The van der Waals surface area contributed by atoms with Crippen LogP contribution in [0.2, 0.25) is 0 Å². The second-order valence-electron chi connectivity index (χ2n) is 5.40. The van der Waals surface area contributed by atoms with Gasteiger partial charge in [-0.1, -0.05) is 42.5 Å². The van der Waals surface area contributed by atoms with E-state index in [1.54, 1.807) is 0 Å². The molecule has 0 spiro atoms. The molecule has 3 rings (SSSR count). The summed E-state index contributed by atoms with van der Waals surface area (Å²) in [5.74, 6) is -0.0420. The Hall–Kier alpha value is -2.10. The Labute approximate surface area is 120 Å². The molecule has 1 nitrogen and oxygen atoms in total. The maximum Gasteiger partial charge on any atom is 0.416 e. The molecule has 0 heterocycles. The molecule has 0 aromatic heterocycles. The smallest absolute Gasteiger partial charge is 0.302 e. The summed E-state index contributed by atoms with van der Waals surface area (Å²) in [6.45, 7) is 0. The maximum absolute atomic E-state index is 12.6. The third-order valence-corrected chi connectivity index (χ3v) is 4.17. The summed E-state index contributed by atoms with van der Waals surface area (Å²) in [7, 11) is 0. The van der Waals surface area contributed by atoms with Gasteiger partial charge in [0.1, 0.15) is 6.29 Å². The van der Waals surface area contributed by atoms with E-state index in [2.05, 4.69) is 0 Å². The maximum atomic E-state index is 12.6. The lowest BCUT2D eigenvalue weighted by atomic mass is 9.92. The summed E-state index contributed by atoms with van der Waals surface area (Å²) in [6.07, 6.45) is -2.76. The number of benzene rings is 2. The van der Waals surface area contributed by atoms with Crippen molar-refractivity contribution >= 4 is 6.29 Å². The Morgan fingerprint density at radius 1 is 1.00 bits per heavy atom. The number of carbonyl (C=O) groups is 1. The zero-order valence-electron chi connectivity index (χ0n) is 11.1. The van der Waals surface area contributed by atoms with Crippen LogP contribution < -0.4 is 0 Å². The predicted molar refractivity (Wildman–Crippen MR) is 73.0 cm³/mol. The van der Waals surface area contributed by atoms with Gasteiger partial charge in [-0.05, 0) is 29.7 Å². The SMILES string of the molecule is O=C[C@@]1(c2ccccc2)C[C@@H]1c1ccc(C(F)(F)F)cc1. The molecule has 0 bridgehead atoms. The molecule has 1 fully saturated rings. The monoisotopic (exact) mass is 290 g/mol. The van der Waals surface area contributed by atoms with E-state index in [0.717, 1.165) is 29.5 Å². The Morgan fingerprint density at radius 2 is 1.62 bits per heavy atom. The van der Waals surface area contributed by atoms with E-state index in [9.17, 15) is 18.0 Å². The van der Waals surface area contributed by atoms with Crippen LogP contribution >= 0.6 is 0 Å². The van der Waals surface area contributed by atoms with Crippen LogP contribution in [0.3, 0.4) is 0 Å². The first-order valence-corrected chi connectivity index (χ1v) is 6.66. The van der Waals surface area contributed by atoms with Crippen molar-refractivity contribution in [1.82, 2.24) is 0 Å². The van der Waals surface area contributed by atoms with Crippen LogP contribution in [0.5, 0.6) is 0 Å². The number of rotatable bonds is 3. The number of hydrogen-bond acceptors (Lipinski definition) is 1. The van der Waals surface area contributed by atoms with E-state index < -0.39 is 17.2 Å². The van der Waals surface area contributed by atoms with Gasteiger partial charge in [-0.25, -0.2) is 0 Å². The summed E-state index contributed by atoms with van der Waals surface area (Å²) in [4.78, 5) is 11.5. The van der Waals surface area contributed by atoms with Crippen molar-refractivity contribution in [2.24, 2.45) is 0 Å². The van der Waals surface area contributed by atoms with Crippen LogP contribution in [0.15, 0.2) is 54.6 Å². The summed E-state index contributed by atoms with van der Waals surface area (Å²) in [6, 6.07) is 14.5. The van der Waals surface area contributed by atoms with Crippen LogP contribution in [-0.4, -0.2) is 6.29 Å². The zero-order chi connectivity index (χ0) is 15.1. The Morgan fingerprint density at radius 3 is 2.14 bits per heavy atom. The molecule has 4 heteroatoms. The Kier molecular flexibility index (Phi) is 3.12. The number of halogens is 3. The van der Waals surface area contributed by atoms with Crippen molar-refractivity contribution in [3.05, 3.63) is 71.3 Å². The number of alkyl halides is 3. The van der Waals surface area contributed by atoms with Crippen LogP contribution in [0.1, 0.15) is 29.0 Å². The Bertz CT molecular complexity index is 646. The molecule has 1 saturated carbocycles. The molecular formula is C17H13F3O. The third-order valence-electron chi connectivity index (χ3n) is 4.17. The molecule has 0 saturated heterocycles. The summed E-state index contributed by atoms with van der Waals surface area (Å²) in [5, 5.41) is 0. The highest BCUT2D eigenvalue weighted by atomic mass is 19.4.